The molecule has 2 heterocycles. The van der Waals surface area contributed by atoms with Gasteiger partial charge in [-0.05, 0) is 114 Å². The van der Waals surface area contributed by atoms with Gasteiger partial charge in [-0.15, -0.1) is 0 Å². The molecule has 0 saturated carbocycles. The number of rotatable bonds is 2. The van der Waals surface area contributed by atoms with Gasteiger partial charge in [0.15, 0.2) is 0 Å². The molecule has 0 amide bonds. The van der Waals surface area contributed by atoms with Crippen molar-refractivity contribution in [1.82, 2.24) is 0 Å². The van der Waals surface area contributed by atoms with Gasteiger partial charge in [-0.1, -0.05) is 109 Å². The molecular weight excluding hydrogens is 585 g/mol. The van der Waals surface area contributed by atoms with Crippen molar-refractivity contribution >= 4 is 87.0 Å². The SMILES string of the molecule is c1ccc2c(c1)cc(-c1ccc3c(c1)oc1cc4c(cc13)oc1cc(-c3cc5ccccc5c5ccccc35)ccc14)c1ccccc12. The smallest absolute Gasteiger partial charge is 0.136 e. The van der Waals surface area contributed by atoms with Crippen LogP contribution in [0.4, 0.5) is 0 Å². The van der Waals surface area contributed by atoms with Crippen LogP contribution in [0.5, 0.6) is 0 Å². The van der Waals surface area contributed by atoms with Gasteiger partial charge in [0.05, 0.1) is 0 Å². The first-order valence-electron chi connectivity index (χ1n) is 16.4. The molecule has 2 nitrogen and oxygen atoms in total. The van der Waals surface area contributed by atoms with Gasteiger partial charge >= 0.3 is 0 Å². The van der Waals surface area contributed by atoms with Crippen LogP contribution in [-0.2, 0) is 0 Å². The molecule has 0 unspecified atom stereocenters. The molecule has 0 radical (unpaired) electrons. The highest BCUT2D eigenvalue weighted by atomic mass is 16.3. The van der Waals surface area contributed by atoms with Crippen LogP contribution in [0.25, 0.3) is 109 Å². The molecular formula is C46H26O2. The molecule has 48 heavy (non-hydrogen) atoms. The predicted octanol–water partition coefficient (Wildman–Crippen LogP) is 13.4. The molecule has 0 aliphatic carbocycles. The molecule has 11 rings (SSSR count). The summed E-state index contributed by atoms with van der Waals surface area (Å²) in [7, 11) is 0. The molecule has 0 spiro atoms. The third kappa shape index (κ3) is 3.63. The van der Waals surface area contributed by atoms with Crippen molar-refractivity contribution in [2.45, 2.75) is 0 Å². The van der Waals surface area contributed by atoms with Crippen molar-refractivity contribution in [1.29, 1.82) is 0 Å². The van der Waals surface area contributed by atoms with Crippen molar-refractivity contribution in [3.63, 3.8) is 0 Å². The molecule has 0 bridgehead atoms. The summed E-state index contributed by atoms with van der Waals surface area (Å²) in [6, 6.07) is 56.6. The fraction of sp³-hybridized carbons (Fsp3) is 0. The zero-order chi connectivity index (χ0) is 31.3. The third-order valence-electron chi connectivity index (χ3n) is 10.2. The van der Waals surface area contributed by atoms with E-state index < -0.39 is 0 Å². The summed E-state index contributed by atoms with van der Waals surface area (Å²) >= 11 is 0. The topological polar surface area (TPSA) is 26.3 Å². The van der Waals surface area contributed by atoms with Crippen molar-refractivity contribution in [2.75, 3.05) is 0 Å². The van der Waals surface area contributed by atoms with E-state index in [9.17, 15) is 0 Å². The Labute approximate surface area is 275 Å². The van der Waals surface area contributed by atoms with E-state index in [0.29, 0.717) is 0 Å². The van der Waals surface area contributed by atoms with Gasteiger partial charge in [0.1, 0.15) is 22.3 Å². The lowest BCUT2D eigenvalue weighted by atomic mass is 9.93. The molecule has 2 heteroatoms. The van der Waals surface area contributed by atoms with Crippen molar-refractivity contribution in [3.05, 3.63) is 158 Å². The Bertz CT molecular complexity index is 2910. The minimum atomic E-state index is 0.866. The van der Waals surface area contributed by atoms with Gasteiger partial charge in [0.2, 0.25) is 0 Å². The second-order valence-electron chi connectivity index (χ2n) is 12.9. The van der Waals surface area contributed by atoms with E-state index in [0.717, 1.165) is 55.0 Å². The molecule has 2 aromatic heterocycles. The van der Waals surface area contributed by atoms with Gasteiger partial charge in [-0.2, -0.15) is 0 Å². The molecule has 0 aliphatic heterocycles. The molecule has 222 valence electrons. The van der Waals surface area contributed by atoms with E-state index in [2.05, 4.69) is 158 Å². The van der Waals surface area contributed by atoms with Crippen LogP contribution in [0.1, 0.15) is 0 Å². The average molecular weight is 611 g/mol. The lowest BCUT2D eigenvalue weighted by Crippen LogP contribution is -1.84. The van der Waals surface area contributed by atoms with E-state index in [1.54, 1.807) is 0 Å². The Kier molecular flexibility index (Phi) is 5.14. The van der Waals surface area contributed by atoms with Gasteiger partial charge < -0.3 is 8.83 Å². The maximum absolute atomic E-state index is 6.58. The van der Waals surface area contributed by atoms with Crippen LogP contribution >= 0.6 is 0 Å². The van der Waals surface area contributed by atoms with Crippen molar-refractivity contribution in [2.24, 2.45) is 0 Å². The molecule has 0 saturated heterocycles. The van der Waals surface area contributed by atoms with E-state index in [4.69, 9.17) is 8.83 Å². The normalized spacial score (nSPS) is 12.2. The van der Waals surface area contributed by atoms with Crippen LogP contribution < -0.4 is 0 Å². The largest absolute Gasteiger partial charge is 0.456 e. The number of furan rings is 2. The maximum Gasteiger partial charge on any atom is 0.136 e. The summed E-state index contributed by atoms with van der Waals surface area (Å²) in [6.07, 6.45) is 0. The Morgan fingerprint density at radius 2 is 0.625 bits per heavy atom. The summed E-state index contributed by atoms with van der Waals surface area (Å²) in [5.41, 5.74) is 8.19. The quantitative estimate of drug-likeness (QED) is 0.182. The predicted molar refractivity (Wildman–Crippen MR) is 202 cm³/mol. The van der Waals surface area contributed by atoms with Gasteiger partial charge in [0.25, 0.3) is 0 Å². The second-order valence-corrected chi connectivity index (χ2v) is 12.9. The molecule has 0 N–H and O–H groups in total. The highest BCUT2D eigenvalue weighted by molar-refractivity contribution is 6.18. The first-order valence-corrected chi connectivity index (χ1v) is 16.4. The van der Waals surface area contributed by atoms with E-state index in [-0.39, 0.29) is 0 Å². The summed E-state index contributed by atoms with van der Waals surface area (Å²) < 4.78 is 13.2. The van der Waals surface area contributed by atoms with Crippen molar-refractivity contribution < 1.29 is 8.83 Å². The highest BCUT2D eigenvalue weighted by Crippen LogP contribution is 2.42. The maximum atomic E-state index is 6.58. The number of hydrogen-bond donors (Lipinski definition) is 0. The lowest BCUT2D eigenvalue weighted by Gasteiger charge is -2.11. The van der Waals surface area contributed by atoms with E-state index in [1.165, 1.54) is 54.2 Å². The van der Waals surface area contributed by atoms with Gasteiger partial charge in [-0.3, -0.25) is 0 Å². The molecule has 0 atom stereocenters. The minimum absolute atomic E-state index is 0.866. The van der Waals surface area contributed by atoms with Crippen LogP contribution in [0.2, 0.25) is 0 Å². The van der Waals surface area contributed by atoms with Crippen LogP contribution in [0, 0.1) is 0 Å². The first kappa shape index (κ1) is 25.8. The van der Waals surface area contributed by atoms with Gasteiger partial charge in [0, 0.05) is 21.5 Å². The van der Waals surface area contributed by atoms with E-state index >= 15 is 0 Å². The van der Waals surface area contributed by atoms with Crippen LogP contribution in [0.15, 0.2) is 167 Å². The summed E-state index contributed by atoms with van der Waals surface area (Å²) in [5, 5.41) is 14.3. The minimum Gasteiger partial charge on any atom is -0.456 e. The molecule has 0 fully saturated rings. The zero-order valence-corrected chi connectivity index (χ0v) is 25.8. The number of fused-ring (bicyclic) bond motifs is 12. The number of benzene rings is 9. The monoisotopic (exact) mass is 610 g/mol. The fourth-order valence-corrected chi connectivity index (χ4v) is 7.97. The summed E-state index contributed by atoms with van der Waals surface area (Å²) in [4.78, 5) is 0. The third-order valence-corrected chi connectivity index (χ3v) is 10.2. The summed E-state index contributed by atoms with van der Waals surface area (Å²) in [5.74, 6) is 0. The zero-order valence-electron chi connectivity index (χ0n) is 25.8. The van der Waals surface area contributed by atoms with Crippen molar-refractivity contribution in [3.8, 4) is 22.3 Å². The summed E-state index contributed by atoms with van der Waals surface area (Å²) in [6.45, 7) is 0. The Hall–Kier alpha value is -6.38. The Morgan fingerprint density at radius 1 is 0.250 bits per heavy atom. The van der Waals surface area contributed by atoms with Gasteiger partial charge in [-0.25, -0.2) is 0 Å². The second kappa shape index (κ2) is 9.57. The Balaban J connectivity index is 1.06. The fourth-order valence-electron chi connectivity index (χ4n) is 7.97. The molecule has 0 aliphatic rings. The van der Waals surface area contributed by atoms with E-state index in [1.807, 2.05) is 0 Å². The molecule has 9 aromatic carbocycles. The van der Waals surface area contributed by atoms with Crippen LogP contribution in [0.3, 0.4) is 0 Å². The van der Waals surface area contributed by atoms with Crippen LogP contribution in [-0.4, -0.2) is 0 Å². The highest BCUT2D eigenvalue weighted by Gasteiger charge is 2.17. The number of hydrogen-bond acceptors (Lipinski definition) is 2. The first-order chi connectivity index (χ1) is 23.8. The molecule has 11 aromatic rings. The Morgan fingerprint density at radius 3 is 1.08 bits per heavy atom. The average Bonchev–Trinajstić information content (AvgIpc) is 3.69. The lowest BCUT2D eigenvalue weighted by molar-refractivity contribution is 0.664. The standard InChI is InChI=1S/C46H26O2/c1-3-11-31-27(9-1)21-39(35-15-7-5-13-33(31)35)29-17-19-37-41-25-46-42(26-45(41)47-43(37)23-29)38-20-18-30(24-44(38)48-46)40-22-28-10-2-4-12-32(28)34-14-6-8-16-36(34)40/h1-26H.